The van der Waals surface area contributed by atoms with Crippen molar-refractivity contribution in [1.29, 1.82) is 0 Å². The van der Waals surface area contributed by atoms with Crippen molar-refractivity contribution in [3.05, 3.63) is 70.9 Å². The van der Waals surface area contributed by atoms with E-state index in [1.54, 1.807) is 0 Å². The molecule has 7 heteroatoms. The lowest BCUT2D eigenvalue weighted by Crippen LogP contribution is -2.44. The minimum absolute atomic E-state index is 0.0363. The van der Waals surface area contributed by atoms with Crippen molar-refractivity contribution in [3.63, 3.8) is 0 Å². The van der Waals surface area contributed by atoms with Crippen LogP contribution < -0.4 is 15.5 Å². The Hall–Kier alpha value is -3.22. The Kier molecular flexibility index (Phi) is 6.11. The van der Waals surface area contributed by atoms with Crippen LogP contribution in [-0.4, -0.2) is 24.3 Å². The first-order chi connectivity index (χ1) is 16.7. The van der Waals surface area contributed by atoms with Crippen LogP contribution in [0.3, 0.4) is 0 Å². The molecule has 35 heavy (non-hydrogen) atoms. The summed E-state index contributed by atoms with van der Waals surface area (Å²) >= 11 is 0. The van der Waals surface area contributed by atoms with E-state index < -0.39 is 17.7 Å². The van der Waals surface area contributed by atoms with Crippen molar-refractivity contribution in [1.82, 2.24) is 5.32 Å². The molecule has 0 radical (unpaired) electrons. The monoisotopic (exact) mass is 479 g/mol. The highest BCUT2D eigenvalue weighted by atomic mass is 19.1. The second kappa shape index (κ2) is 9.10. The summed E-state index contributed by atoms with van der Waals surface area (Å²) in [5.41, 5.74) is 2.74. The van der Waals surface area contributed by atoms with E-state index in [1.165, 1.54) is 12.1 Å². The van der Waals surface area contributed by atoms with E-state index in [0.717, 1.165) is 43.1 Å². The first kappa shape index (κ1) is 23.5. The van der Waals surface area contributed by atoms with Crippen molar-refractivity contribution < 1.29 is 18.4 Å². The number of carbonyl (C=O) groups excluding carboxylic acids is 2. The summed E-state index contributed by atoms with van der Waals surface area (Å²) in [6.45, 7) is 4.04. The summed E-state index contributed by atoms with van der Waals surface area (Å²) in [6, 6.07) is 10.2. The number of amides is 1. The smallest absolute Gasteiger partial charge is 0.239 e. The number of nitrogens with zero attached hydrogens (tertiary/aromatic N) is 1. The summed E-state index contributed by atoms with van der Waals surface area (Å²) in [7, 11) is 0. The SMILES string of the molecule is CC1(C)CC(=O)C2=C(C1)Nc1ccccc1N(CC(=O)NC1CCCC1)C2c1cc(F)cc(F)c1. The highest BCUT2D eigenvalue weighted by molar-refractivity contribution is 6.01. The van der Waals surface area contributed by atoms with Crippen LogP contribution in [0.25, 0.3) is 0 Å². The standard InChI is InChI=1S/C28H31F2N3O2/c1-28(2)14-22-26(24(34)15-28)27(17-11-18(29)13-19(30)12-17)33(23-10-6-5-9-21(23)32-22)16-25(35)31-20-7-3-4-8-20/h5-6,9-13,20,27,32H,3-4,7-8,14-16H2,1-2H3,(H,31,35). The molecular formula is C28H31F2N3O2. The van der Waals surface area contributed by atoms with Crippen molar-refractivity contribution in [2.75, 3.05) is 16.8 Å². The van der Waals surface area contributed by atoms with Crippen molar-refractivity contribution >= 4 is 23.1 Å². The number of Topliss-reactive ketones (excluding diaryl/α,β-unsaturated/α-hetero) is 1. The number of fused-ring (bicyclic) bond motifs is 1. The zero-order valence-corrected chi connectivity index (χ0v) is 20.2. The molecule has 2 N–H and O–H groups in total. The molecule has 1 heterocycles. The van der Waals surface area contributed by atoms with Crippen molar-refractivity contribution in [2.24, 2.45) is 5.41 Å². The Morgan fingerprint density at radius 1 is 1.09 bits per heavy atom. The molecular weight excluding hydrogens is 448 g/mol. The summed E-state index contributed by atoms with van der Waals surface area (Å²) in [6.07, 6.45) is 5.01. The van der Waals surface area contributed by atoms with Gasteiger partial charge >= 0.3 is 0 Å². The molecule has 5 rings (SSSR count). The molecule has 0 saturated heterocycles. The lowest BCUT2D eigenvalue weighted by molar-refractivity contribution is -0.121. The van der Waals surface area contributed by atoms with E-state index in [1.807, 2.05) is 43.0 Å². The highest BCUT2D eigenvalue weighted by Gasteiger charge is 2.42. The average Bonchev–Trinajstić information content (AvgIpc) is 3.22. The zero-order valence-electron chi connectivity index (χ0n) is 20.2. The number of hydrogen-bond donors (Lipinski definition) is 2. The van der Waals surface area contributed by atoms with Gasteiger partial charge in [0.05, 0.1) is 24.0 Å². The molecule has 0 bridgehead atoms. The fourth-order valence-electron chi connectivity index (χ4n) is 5.81. The number of anilines is 2. The van der Waals surface area contributed by atoms with Gasteiger partial charge in [0, 0.05) is 29.8 Å². The van der Waals surface area contributed by atoms with Crippen LogP contribution in [0.1, 0.15) is 64.0 Å². The lowest BCUT2D eigenvalue weighted by atomic mass is 9.73. The van der Waals surface area contributed by atoms with Crippen LogP contribution in [0.5, 0.6) is 0 Å². The van der Waals surface area contributed by atoms with Crippen molar-refractivity contribution in [2.45, 2.75) is 64.5 Å². The Morgan fingerprint density at radius 2 is 1.77 bits per heavy atom. The molecule has 1 amide bonds. The molecule has 184 valence electrons. The molecule has 2 aromatic carbocycles. The van der Waals surface area contributed by atoms with Gasteiger partial charge in [0.15, 0.2) is 5.78 Å². The lowest BCUT2D eigenvalue weighted by Gasteiger charge is -2.38. The third-order valence-corrected chi connectivity index (χ3v) is 7.24. The predicted molar refractivity (Wildman–Crippen MR) is 132 cm³/mol. The molecule has 2 aliphatic carbocycles. The minimum Gasteiger partial charge on any atom is -0.357 e. The Labute approximate surface area is 204 Å². The molecule has 0 spiro atoms. The van der Waals surface area contributed by atoms with Crippen molar-refractivity contribution in [3.8, 4) is 0 Å². The third-order valence-electron chi connectivity index (χ3n) is 7.24. The van der Waals surface area contributed by atoms with Gasteiger partial charge in [0.25, 0.3) is 0 Å². The van der Waals surface area contributed by atoms with Gasteiger partial charge in [0.1, 0.15) is 11.6 Å². The van der Waals surface area contributed by atoms with Crippen LogP contribution in [0.4, 0.5) is 20.2 Å². The van der Waals surface area contributed by atoms with Gasteiger partial charge in [-0.15, -0.1) is 0 Å². The maximum Gasteiger partial charge on any atom is 0.239 e. The zero-order chi connectivity index (χ0) is 24.7. The van der Waals surface area contributed by atoms with E-state index in [4.69, 9.17) is 0 Å². The highest BCUT2D eigenvalue weighted by Crippen LogP contribution is 2.48. The molecule has 1 atom stereocenters. The average molecular weight is 480 g/mol. The van der Waals surface area contributed by atoms with E-state index in [9.17, 15) is 18.4 Å². The number of rotatable bonds is 4. The van der Waals surface area contributed by atoms with Gasteiger partial charge in [-0.25, -0.2) is 8.78 Å². The van der Waals surface area contributed by atoms with Crippen LogP contribution in [0.15, 0.2) is 53.7 Å². The predicted octanol–water partition coefficient (Wildman–Crippen LogP) is 5.64. The number of benzene rings is 2. The Balaban J connectivity index is 1.65. The number of nitrogens with one attached hydrogen (secondary N) is 2. The third kappa shape index (κ3) is 4.81. The number of allylic oxidation sites excluding steroid dienone is 1. The second-order valence-electron chi connectivity index (χ2n) is 10.8. The van der Waals surface area contributed by atoms with E-state index in [-0.39, 0.29) is 29.7 Å². The summed E-state index contributed by atoms with van der Waals surface area (Å²) in [5.74, 6) is -1.67. The van der Waals surface area contributed by atoms with Crippen LogP contribution in [-0.2, 0) is 9.59 Å². The maximum absolute atomic E-state index is 14.4. The van der Waals surface area contributed by atoms with Crippen LogP contribution in [0.2, 0.25) is 0 Å². The second-order valence-corrected chi connectivity index (χ2v) is 10.8. The fourth-order valence-corrected chi connectivity index (χ4v) is 5.81. The van der Waals surface area contributed by atoms with E-state index in [0.29, 0.717) is 29.7 Å². The normalized spacial score (nSPS) is 21.8. The van der Waals surface area contributed by atoms with Crippen LogP contribution >= 0.6 is 0 Å². The Morgan fingerprint density at radius 3 is 2.49 bits per heavy atom. The van der Waals surface area contributed by atoms with Gasteiger partial charge < -0.3 is 15.5 Å². The number of hydrogen-bond acceptors (Lipinski definition) is 4. The van der Waals surface area contributed by atoms with Gasteiger partial charge in [0.2, 0.25) is 5.91 Å². The Bertz CT molecular complexity index is 1180. The molecule has 1 saturated carbocycles. The number of para-hydroxylation sites is 2. The van der Waals surface area contributed by atoms with E-state index >= 15 is 0 Å². The largest absolute Gasteiger partial charge is 0.357 e. The molecule has 5 nitrogen and oxygen atoms in total. The quantitative estimate of drug-likeness (QED) is 0.596. The van der Waals surface area contributed by atoms with Gasteiger partial charge in [-0.3, -0.25) is 9.59 Å². The molecule has 3 aliphatic rings. The van der Waals surface area contributed by atoms with Gasteiger partial charge in [-0.2, -0.15) is 0 Å². The number of ketones is 1. The first-order valence-electron chi connectivity index (χ1n) is 12.3. The molecule has 1 fully saturated rings. The topological polar surface area (TPSA) is 61.4 Å². The van der Waals surface area contributed by atoms with E-state index in [2.05, 4.69) is 10.6 Å². The molecule has 1 unspecified atom stereocenters. The minimum atomic E-state index is -0.802. The fraction of sp³-hybridized carbons (Fsp3) is 0.429. The number of halogens is 2. The summed E-state index contributed by atoms with van der Waals surface area (Å²) < 4.78 is 28.9. The first-order valence-corrected chi connectivity index (χ1v) is 12.3. The summed E-state index contributed by atoms with van der Waals surface area (Å²) in [5, 5.41) is 6.57. The molecule has 1 aliphatic heterocycles. The van der Waals surface area contributed by atoms with Gasteiger partial charge in [-0.1, -0.05) is 38.8 Å². The summed E-state index contributed by atoms with van der Waals surface area (Å²) in [4.78, 5) is 28.6. The van der Waals surface area contributed by atoms with Gasteiger partial charge in [-0.05, 0) is 54.5 Å². The maximum atomic E-state index is 14.4. The number of carbonyl (C=O) groups is 2. The molecule has 0 aromatic heterocycles. The molecule has 2 aromatic rings. The van der Waals surface area contributed by atoms with Crippen LogP contribution in [0, 0.1) is 17.0 Å².